The van der Waals surface area contributed by atoms with Gasteiger partial charge in [-0.3, -0.25) is 0 Å². The van der Waals surface area contributed by atoms with E-state index in [-0.39, 0.29) is 5.41 Å². The second kappa shape index (κ2) is 6.74. The summed E-state index contributed by atoms with van der Waals surface area (Å²) in [6.45, 7) is 19.1. The number of rotatable bonds is 6. The molecule has 1 aromatic rings. The molecule has 0 amide bonds. The quantitative estimate of drug-likeness (QED) is 0.732. The molecule has 1 aromatic heterocycles. The number of hydrogen-bond acceptors (Lipinski definition) is 2. The minimum atomic E-state index is 0.225. The standard InChI is InChI=1S/C18H28N2/c1-8-9-13(2)16-10-14(3)19-17(11-16)20-15(4)12-18(5,6)7/h10-11H,2,4,8-9,12H2,1,3,5-7H3,(H,19,20). The van der Waals surface area contributed by atoms with Gasteiger partial charge in [0.1, 0.15) is 5.82 Å². The molecule has 1 heterocycles. The molecule has 2 heteroatoms. The van der Waals surface area contributed by atoms with Crippen molar-refractivity contribution in [2.75, 3.05) is 5.32 Å². The minimum absolute atomic E-state index is 0.225. The monoisotopic (exact) mass is 272 g/mol. The maximum absolute atomic E-state index is 4.53. The molecule has 0 unspecified atom stereocenters. The van der Waals surface area contributed by atoms with Crippen molar-refractivity contribution in [2.24, 2.45) is 5.41 Å². The average Bonchev–Trinajstić information content (AvgIpc) is 2.25. The van der Waals surface area contributed by atoms with Crippen molar-refractivity contribution < 1.29 is 0 Å². The summed E-state index contributed by atoms with van der Waals surface area (Å²) in [5.74, 6) is 0.867. The number of aryl methyl sites for hydroxylation is 1. The predicted octanol–water partition coefficient (Wildman–Crippen LogP) is 5.57. The molecule has 0 aliphatic heterocycles. The van der Waals surface area contributed by atoms with Crippen LogP contribution in [0, 0.1) is 12.3 Å². The molecule has 0 radical (unpaired) electrons. The van der Waals surface area contributed by atoms with Gasteiger partial charge >= 0.3 is 0 Å². The van der Waals surface area contributed by atoms with Crippen molar-refractivity contribution in [1.29, 1.82) is 0 Å². The number of nitrogens with one attached hydrogen (secondary N) is 1. The minimum Gasteiger partial charge on any atom is -0.344 e. The summed E-state index contributed by atoms with van der Waals surface area (Å²) in [5, 5.41) is 3.33. The first-order valence-electron chi connectivity index (χ1n) is 7.33. The third kappa shape index (κ3) is 5.60. The lowest BCUT2D eigenvalue weighted by Crippen LogP contribution is -2.11. The summed E-state index contributed by atoms with van der Waals surface area (Å²) >= 11 is 0. The molecule has 0 aromatic carbocycles. The predicted molar refractivity (Wildman–Crippen MR) is 89.8 cm³/mol. The highest BCUT2D eigenvalue weighted by molar-refractivity contribution is 5.66. The molecular weight excluding hydrogens is 244 g/mol. The van der Waals surface area contributed by atoms with Crippen LogP contribution < -0.4 is 5.32 Å². The fourth-order valence-electron chi connectivity index (χ4n) is 2.25. The van der Waals surface area contributed by atoms with Crippen molar-refractivity contribution in [3.8, 4) is 0 Å². The number of anilines is 1. The number of aromatic nitrogens is 1. The maximum Gasteiger partial charge on any atom is 0.130 e. The van der Waals surface area contributed by atoms with Crippen LogP contribution in [0.25, 0.3) is 5.57 Å². The molecule has 0 atom stereocenters. The van der Waals surface area contributed by atoms with Crippen LogP contribution in [0.15, 0.2) is 31.0 Å². The van der Waals surface area contributed by atoms with Gasteiger partial charge in [0, 0.05) is 11.4 Å². The van der Waals surface area contributed by atoms with Crippen LogP contribution in [0.3, 0.4) is 0 Å². The van der Waals surface area contributed by atoms with Gasteiger partial charge in [0.25, 0.3) is 0 Å². The summed E-state index contributed by atoms with van der Waals surface area (Å²) in [6.07, 6.45) is 3.05. The summed E-state index contributed by atoms with van der Waals surface area (Å²) in [4.78, 5) is 4.53. The number of allylic oxidation sites excluding steroid dienone is 2. The van der Waals surface area contributed by atoms with E-state index in [2.05, 4.69) is 63.3 Å². The smallest absolute Gasteiger partial charge is 0.130 e. The molecule has 0 bridgehead atoms. The van der Waals surface area contributed by atoms with E-state index in [0.29, 0.717) is 0 Å². The Morgan fingerprint density at radius 3 is 2.45 bits per heavy atom. The summed E-state index contributed by atoms with van der Waals surface area (Å²) in [7, 11) is 0. The second-order valence-corrected chi connectivity index (χ2v) is 6.70. The summed E-state index contributed by atoms with van der Waals surface area (Å²) in [5.41, 5.74) is 4.57. The molecular formula is C18H28N2. The second-order valence-electron chi connectivity index (χ2n) is 6.70. The molecule has 0 aliphatic rings. The van der Waals surface area contributed by atoms with Gasteiger partial charge in [-0.2, -0.15) is 0 Å². The third-order valence-corrected chi connectivity index (χ3v) is 2.96. The lowest BCUT2D eigenvalue weighted by Gasteiger charge is -2.20. The maximum atomic E-state index is 4.53. The average molecular weight is 272 g/mol. The van der Waals surface area contributed by atoms with Crippen LogP contribution in [0.2, 0.25) is 0 Å². The SMILES string of the molecule is C=C(CC(C)(C)C)Nc1cc(C(=C)CCC)cc(C)n1. The van der Waals surface area contributed by atoms with E-state index in [4.69, 9.17) is 0 Å². The number of pyridine rings is 1. The van der Waals surface area contributed by atoms with Crippen LogP contribution in [0.4, 0.5) is 5.82 Å². The van der Waals surface area contributed by atoms with Crippen molar-refractivity contribution in [1.82, 2.24) is 4.98 Å². The topological polar surface area (TPSA) is 24.9 Å². The van der Waals surface area contributed by atoms with Crippen molar-refractivity contribution >= 4 is 11.4 Å². The molecule has 0 aliphatic carbocycles. The van der Waals surface area contributed by atoms with Crippen LogP contribution >= 0.6 is 0 Å². The Morgan fingerprint density at radius 1 is 1.25 bits per heavy atom. The van der Waals surface area contributed by atoms with Gasteiger partial charge in [-0.15, -0.1) is 0 Å². The molecule has 1 rings (SSSR count). The lowest BCUT2D eigenvalue weighted by atomic mass is 9.91. The van der Waals surface area contributed by atoms with E-state index >= 15 is 0 Å². The molecule has 0 saturated carbocycles. The van der Waals surface area contributed by atoms with Gasteiger partial charge in [0.15, 0.2) is 0 Å². The molecule has 0 fully saturated rings. The van der Waals surface area contributed by atoms with Gasteiger partial charge in [0.2, 0.25) is 0 Å². The Balaban J connectivity index is 2.86. The fraction of sp³-hybridized carbons (Fsp3) is 0.500. The van der Waals surface area contributed by atoms with Crippen molar-refractivity contribution in [2.45, 2.75) is 53.9 Å². The first-order valence-corrected chi connectivity index (χ1v) is 7.33. The first kappa shape index (κ1) is 16.5. The Kier molecular flexibility index (Phi) is 5.55. The first-order chi connectivity index (χ1) is 9.21. The lowest BCUT2D eigenvalue weighted by molar-refractivity contribution is 0.411. The third-order valence-electron chi connectivity index (χ3n) is 2.96. The molecule has 2 nitrogen and oxygen atoms in total. The Bertz CT molecular complexity index is 493. The van der Waals surface area contributed by atoms with Crippen LogP contribution in [-0.2, 0) is 0 Å². The van der Waals surface area contributed by atoms with E-state index in [0.717, 1.165) is 36.5 Å². The molecule has 0 spiro atoms. The molecule has 1 N–H and O–H groups in total. The van der Waals surface area contributed by atoms with Gasteiger partial charge in [0.05, 0.1) is 0 Å². The Morgan fingerprint density at radius 2 is 1.90 bits per heavy atom. The fourth-order valence-corrected chi connectivity index (χ4v) is 2.25. The molecule has 20 heavy (non-hydrogen) atoms. The highest BCUT2D eigenvalue weighted by Crippen LogP contribution is 2.25. The Labute approximate surface area is 124 Å². The van der Waals surface area contributed by atoms with E-state index in [9.17, 15) is 0 Å². The summed E-state index contributed by atoms with van der Waals surface area (Å²) < 4.78 is 0. The van der Waals surface area contributed by atoms with E-state index in [1.54, 1.807) is 0 Å². The van der Waals surface area contributed by atoms with Gasteiger partial charge in [-0.25, -0.2) is 4.98 Å². The van der Waals surface area contributed by atoms with Crippen molar-refractivity contribution in [3.63, 3.8) is 0 Å². The van der Waals surface area contributed by atoms with E-state index < -0.39 is 0 Å². The van der Waals surface area contributed by atoms with Crippen LogP contribution in [0.1, 0.15) is 58.2 Å². The van der Waals surface area contributed by atoms with Gasteiger partial charge in [-0.1, -0.05) is 47.3 Å². The zero-order valence-electron chi connectivity index (χ0n) is 13.6. The molecule has 0 saturated heterocycles. The normalized spacial score (nSPS) is 11.2. The highest BCUT2D eigenvalue weighted by atomic mass is 15.0. The van der Waals surface area contributed by atoms with Crippen LogP contribution in [0.5, 0.6) is 0 Å². The van der Waals surface area contributed by atoms with Crippen molar-refractivity contribution in [3.05, 3.63) is 42.2 Å². The number of nitrogens with zero attached hydrogens (tertiary/aromatic N) is 1. The van der Waals surface area contributed by atoms with E-state index in [1.807, 2.05) is 6.92 Å². The highest BCUT2D eigenvalue weighted by Gasteiger charge is 2.12. The largest absolute Gasteiger partial charge is 0.344 e. The van der Waals surface area contributed by atoms with Gasteiger partial charge < -0.3 is 5.32 Å². The van der Waals surface area contributed by atoms with Crippen LogP contribution in [-0.4, -0.2) is 4.98 Å². The number of hydrogen-bond donors (Lipinski definition) is 1. The van der Waals surface area contributed by atoms with E-state index in [1.165, 1.54) is 11.1 Å². The van der Waals surface area contributed by atoms with Gasteiger partial charge in [-0.05, 0) is 48.4 Å². The Hall–Kier alpha value is -1.57. The summed E-state index contributed by atoms with van der Waals surface area (Å²) in [6, 6.07) is 4.16. The zero-order valence-corrected chi connectivity index (χ0v) is 13.6. The molecule has 110 valence electrons. The zero-order chi connectivity index (χ0) is 15.3.